The first kappa shape index (κ1) is 18.2. The van der Waals surface area contributed by atoms with Gasteiger partial charge in [0.05, 0.1) is 5.75 Å². The van der Waals surface area contributed by atoms with E-state index in [2.05, 4.69) is 25.7 Å². The number of nitrogens with one attached hydrogen (secondary N) is 1. The summed E-state index contributed by atoms with van der Waals surface area (Å²) in [5.74, 6) is 0.847. The third-order valence-corrected chi connectivity index (χ3v) is 6.26. The molecule has 1 N–H and O–H groups in total. The monoisotopic (exact) mass is 412 g/mol. The van der Waals surface area contributed by atoms with Crippen LogP contribution in [0.25, 0.3) is 0 Å². The van der Waals surface area contributed by atoms with E-state index in [1.165, 1.54) is 23.1 Å². The lowest BCUT2D eigenvalue weighted by molar-refractivity contribution is -0.113. The van der Waals surface area contributed by atoms with Crippen LogP contribution < -0.4 is 5.32 Å². The van der Waals surface area contributed by atoms with E-state index >= 15 is 0 Å². The Morgan fingerprint density at radius 1 is 1.24 bits per heavy atom. The van der Waals surface area contributed by atoms with Crippen molar-refractivity contribution >= 4 is 57.5 Å². The average molecular weight is 413 g/mol. The number of hydrogen-bond acceptors (Lipinski definition) is 8. The molecule has 3 rings (SSSR count). The van der Waals surface area contributed by atoms with E-state index < -0.39 is 0 Å². The highest BCUT2D eigenvalue weighted by atomic mass is 35.5. The topological polar surface area (TPSA) is 85.6 Å². The molecule has 0 spiro atoms. The SMILES string of the molecule is Cn1cnnc1SCC(=O)Nc1nnc(SCc2ccc(Cl)cc2)s1. The fourth-order valence-electron chi connectivity index (χ4n) is 1.73. The third-order valence-electron chi connectivity index (χ3n) is 2.93. The summed E-state index contributed by atoms with van der Waals surface area (Å²) >= 11 is 10.1. The van der Waals surface area contributed by atoms with Gasteiger partial charge >= 0.3 is 0 Å². The number of carbonyl (C=O) groups excluding carboxylic acids is 1. The summed E-state index contributed by atoms with van der Waals surface area (Å²) in [5.41, 5.74) is 1.15. The first-order valence-corrected chi connectivity index (χ1v) is 10.2. The maximum absolute atomic E-state index is 12.0. The van der Waals surface area contributed by atoms with Crippen LogP contribution in [0, 0.1) is 0 Å². The number of benzene rings is 1. The number of halogens is 1. The van der Waals surface area contributed by atoms with Gasteiger partial charge in [0, 0.05) is 17.8 Å². The molecular weight excluding hydrogens is 400 g/mol. The molecule has 0 aliphatic rings. The molecule has 0 saturated carbocycles. The van der Waals surface area contributed by atoms with E-state index in [0.717, 1.165) is 15.7 Å². The molecule has 1 aromatic carbocycles. The van der Waals surface area contributed by atoms with Gasteiger partial charge in [-0.3, -0.25) is 10.1 Å². The number of amides is 1. The highest BCUT2D eigenvalue weighted by molar-refractivity contribution is 8.00. The van der Waals surface area contributed by atoms with Gasteiger partial charge in [0.25, 0.3) is 0 Å². The van der Waals surface area contributed by atoms with Gasteiger partial charge in [0.15, 0.2) is 9.50 Å². The van der Waals surface area contributed by atoms with E-state index in [1.54, 1.807) is 22.7 Å². The van der Waals surface area contributed by atoms with Crippen LogP contribution in [0.4, 0.5) is 5.13 Å². The van der Waals surface area contributed by atoms with Crippen LogP contribution >= 0.6 is 46.5 Å². The molecule has 0 unspecified atom stereocenters. The Bertz CT molecular complexity index is 850. The van der Waals surface area contributed by atoms with Crippen LogP contribution in [0.1, 0.15) is 5.56 Å². The van der Waals surface area contributed by atoms with Crippen LogP contribution in [0.2, 0.25) is 5.02 Å². The quantitative estimate of drug-likeness (QED) is 0.470. The molecule has 130 valence electrons. The van der Waals surface area contributed by atoms with Crippen molar-refractivity contribution in [3.8, 4) is 0 Å². The number of anilines is 1. The molecule has 0 fully saturated rings. The smallest absolute Gasteiger partial charge is 0.236 e. The molecule has 2 heterocycles. The van der Waals surface area contributed by atoms with Crippen molar-refractivity contribution in [2.45, 2.75) is 15.2 Å². The van der Waals surface area contributed by atoms with E-state index in [4.69, 9.17) is 11.6 Å². The third kappa shape index (κ3) is 5.43. The summed E-state index contributed by atoms with van der Waals surface area (Å²) in [6.45, 7) is 0. The van der Waals surface area contributed by atoms with Gasteiger partial charge in [-0.1, -0.05) is 58.6 Å². The summed E-state index contributed by atoms with van der Waals surface area (Å²) in [5, 5.41) is 20.4. The van der Waals surface area contributed by atoms with Gasteiger partial charge in [-0.2, -0.15) is 0 Å². The number of aryl methyl sites for hydroxylation is 1. The van der Waals surface area contributed by atoms with E-state index in [9.17, 15) is 4.79 Å². The minimum Gasteiger partial charge on any atom is -0.312 e. The number of hydrogen-bond donors (Lipinski definition) is 1. The molecule has 0 aliphatic carbocycles. The highest BCUT2D eigenvalue weighted by Crippen LogP contribution is 2.28. The molecule has 0 saturated heterocycles. The van der Waals surface area contributed by atoms with Gasteiger partial charge in [0.2, 0.25) is 11.0 Å². The largest absolute Gasteiger partial charge is 0.312 e. The maximum atomic E-state index is 12.0. The van der Waals surface area contributed by atoms with Gasteiger partial charge < -0.3 is 4.57 Å². The van der Waals surface area contributed by atoms with E-state index in [0.29, 0.717) is 15.3 Å². The molecular formula is C14H13ClN6OS3. The lowest BCUT2D eigenvalue weighted by atomic mass is 10.2. The van der Waals surface area contributed by atoms with Gasteiger partial charge in [-0.05, 0) is 17.7 Å². The Kier molecular flexibility index (Phi) is 6.29. The molecule has 0 aliphatic heterocycles. The lowest BCUT2D eigenvalue weighted by Crippen LogP contribution is -2.14. The zero-order valence-electron chi connectivity index (χ0n) is 13.0. The summed E-state index contributed by atoms with van der Waals surface area (Å²) in [6, 6.07) is 7.67. The lowest BCUT2D eigenvalue weighted by Gasteiger charge is -2.00. The van der Waals surface area contributed by atoms with Gasteiger partial charge in [-0.15, -0.1) is 20.4 Å². The van der Waals surface area contributed by atoms with E-state index in [-0.39, 0.29) is 11.7 Å². The summed E-state index contributed by atoms with van der Waals surface area (Å²) in [6.07, 6.45) is 1.59. The molecule has 11 heteroatoms. The first-order valence-electron chi connectivity index (χ1n) is 7.07. The fraction of sp³-hybridized carbons (Fsp3) is 0.214. The highest BCUT2D eigenvalue weighted by Gasteiger charge is 2.11. The van der Waals surface area contributed by atoms with Crippen molar-refractivity contribution in [3.05, 3.63) is 41.2 Å². The molecule has 0 radical (unpaired) electrons. The van der Waals surface area contributed by atoms with Crippen molar-refractivity contribution in [1.29, 1.82) is 0 Å². The van der Waals surface area contributed by atoms with Crippen LogP contribution in [0.5, 0.6) is 0 Å². The van der Waals surface area contributed by atoms with E-state index in [1.807, 2.05) is 31.3 Å². The summed E-state index contributed by atoms with van der Waals surface area (Å²) < 4.78 is 2.56. The Hall–Kier alpha value is -1.62. The Morgan fingerprint density at radius 3 is 2.76 bits per heavy atom. The van der Waals surface area contributed by atoms with Crippen molar-refractivity contribution in [3.63, 3.8) is 0 Å². The number of carbonyl (C=O) groups is 1. The molecule has 2 aromatic heterocycles. The normalized spacial score (nSPS) is 10.8. The van der Waals surface area contributed by atoms with Crippen molar-refractivity contribution < 1.29 is 4.79 Å². The standard InChI is InChI=1S/C14H13ClN6OS3/c1-21-8-16-19-13(21)23-7-11(22)17-12-18-20-14(25-12)24-6-9-2-4-10(15)5-3-9/h2-5,8H,6-7H2,1H3,(H,17,18,22). The van der Waals surface area contributed by atoms with Crippen LogP contribution in [-0.2, 0) is 17.6 Å². The molecule has 1 amide bonds. The Balaban J connectivity index is 1.46. The number of rotatable bonds is 7. The molecule has 3 aromatic rings. The first-order chi connectivity index (χ1) is 12.1. The molecule has 0 atom stereocenters. The zero-order valence-corrected chi connectivity index (χ0v) is 16.3. The molecule has 25 heavy (non-hydrogen) atoms. The van der Waals surface area contributed by atoms with Gasteiger partial charge in [0.1, 0.15) is 6.33 Å². The second-order valence-corrected chi connectivity index (χ2v) is 8.43. The van der Waals surface area contributed by atoms with Crippen LogP contribution in [0.15, 0.2) is 40.1 Å². The van der Waals surface area contributed by atoms with Gasteiger partial charge in [-0.25, -0.2) is 0 Å². The van der Waals surface area contributed by atoms with Crippen molar-refractivity contribution in [2.24, 2.45) is 7.05 Å². The summed E-state index contributed by atoms with van der Waals surface area (Å²) in [4.78, 5) is 12.0. The molecule has 0 bridgehead atoms. The number of nitrogens with zero attached hydrogens (tertiary/aromatic N) is 5. The van der Waals surface area contributed by atoms with Crippen molar-refractivity contribution in [1.82, 2.24) is 25.0 Å². The van der Waals surface area contributed by atoms with Crippen molar-refractivity contribution in [2.75, 3.05) is 11.1 Å². The Morgan fingerprint density at radius 2 is 2.04 bits per heavy atom. The van der Waals surface area contributed by atoms with Crippen LogP contribution in [0.3, 0.4) is 0 Å². The zero-order chi connectivity index (χ0) is 17.6. The minimum atomic E-state index is -0.154. The number of aromatic nitrogens is 5. The maximum Gasteiger partial charge on any atom is 0.236 e. The molecule has 7 nitrogen and oxygen atoms in total. The second kappa shape index (κ2) is 8.65. The summed E-state index contributed by atoms with van der Waals surface area (Å²) in [7, 11) is 1.83. The predicted octanol–water partition coefficient (Wildman–Crippen LogP) is 3.34. The second-order valence-electron chi connectivity index (χ2n) is 4.85. The average Bonchev–Trinajstić information content (AvgIpc) is 3.21. The number of thioether (sulfide) groups is 2. The Labute approximate surface area is 161 Å². The fourth-order valence-corrected chi connectivity index (χ4v) is 4.27. The minimum absolute atomic E-state index is 0.154. The predicted molar refractivity (Wildman–Crippen MR) is 101 cm³/mol. The van der Waals surface area contributed by atoms with Crippen LogP contribution in [-0.4, -0.2) is 36.6 Å².